The minimum absolute atomic E-state index is 0.0557. The zero-order valence-electron chi connectivity index (χ0n) is 14.9. The summed E-state index contributed by atoms with van der Waals surface area (Å²) in [4.78, 5) is 19.0. The van der Waals surface area contributed by atoms with E-state index >= 15 is 0 Å². The van der Waals surface area contributed by atoms with Gasteiger partial charge in [-0.05, 0) is 29.9 Å². The van der Waals surface area contributed by atoms with E-state index in [9.17, 15) is 4.79 Å². The van der Waals surface area contributed by atoms with Crippen molar-refractivity contribution >= 4 is 22.8 Å². The van der Waals surface area contributed by atoms with Gasteiger partial charge in [0.1, 0.15) is 0 Å². The third-order valence-electron chi connectivity index (χ3n) is 4.85. The van der Waals surface area contributed by atoms with Crippen LogP contribution in [0.5, 0.6) is 11.5 Å². The average molecular weight is 373 g/mol. The van der Waals surface area contributed by atoms with Crippen LogP contribution >= 0.6 is 11.8 Å². The highest BCUT2D eigenvalue weighted by atomic mass is 32.2. The smallest absolute Gasteiger partial charge is 0.225 e. The molecular formula is C19H23N3O3S. The van der Waals surface area contributed by atoms with Crippen molar-refractivity contribution in [2.24, 2.45) is 10.9 Å². The zero-order chi connectivity index (χ0) is 17.9. The van der Waals surface area contributed by atoms with E-state index in [4.69, 9.17) is 9.47 Å². The number of benzene rings is 1. The van der Waals surface area contributed by atoms with E-state index in [0.29, 0.717) is 19.6 Å². The van der Waals surface area contributed by atoms with Gasteiger partial charge >= 0.3 is 0 Å². The Morgan fingerprint density at radius 3 is 3.31 bits per heavy atom. The highest BCUT2D eigenvalue weighted by Crippen LogP contribution is 2.36. The molecule has 4 rings (SSSR count). The Kier molecular flexibility index (Phi) is 5.06. The molecule has 26 heavy (non-hydrogen) atoms. The van der Waals surface area contributed by atoms with Gasteiger partial charge in [0.25, 0.3) is 0 Å². The van der Waals surface area contributed by atoms with Crippen LogP contribution in [0.2, 0.25) is 0 Å². The molecule has 0 radical (unpaired) electrons. The Bertz CT molecular complexity index is 762. The maximum absolute atomic E-state index is 12.4. The van der Waals surface area contributed by atoms with Crippen LogP contribution in [0.15, 0.2) is 34.3 Å². The maximum Gasteiger partial charge on any atom is 0.225 e. The summed E-state index contributed by atoms with van der Waals surface area (Å²) < 4.78 is 11.2. The van der Waals surface area contributed by atoms with E-state index in [0.717, 1.165) is 53.9 Å². The Morgan fingerprint density at radius 1 is 1.50 bits per heavy atom. The topological polar surface area (TPSA) is 63.2 Å². The largest absolute Gasteiger partial charge is 0.493 e. The number of carbonyl (C=O) groups excluding carboxylic acids is 1. The summed E-state index contributed by atoms with van der Waals surface area (Å²) in [6.45, 7) is 3.06. The number of fused-ring (bicyclic) bond motifs is 2. The lowest BCUT2D eigenvalue weighted by Gasteiger charge is -2.27. The first-order chi connectivity index (χ1) is 12.7. The van der Waals surface area contributed by atoms with Crippen LogP contribution in [0.25, 0.3) is 0 Å². The minimum Gasteiger partial charge on any atom is -0.493 e. The normalized spacial score (nSPS) is 21.1. The number of nitrogens with one attached hydrogen (secondary N) is 1. The summed E-state index contributed by atoms with van der Waals surface area (Å²) in [5, 5.41) is 6.15. The van der Waals surface area contributed by atoms with E-state index in [1.807, 2.05) is 12.1 Å². The SMILES string of the molecule is COc1cccc2c1OCC(CNC(=O)CC1=CSC3=NCCCN13)C2. The Hall–Kier alpha value is -2.15. The van der Waals surface area contributed by atoms with Gasteiger partial charge in [-0.2, -0.15) is 0 Å². The molecule has 6 nitrogen and oxygen atoms in total. The van der Waals surface area contributed by atoms with Crippen molar-refractivity contribution in [2.45, 2.75) is 19.3 Å². The van der Waals surface area contributed by atoms with E-state index in [1.165, 1.54) is 0 Å². The number of nitrogens with zero attached hydrogens (tertiary/aromatic N) is 2. The van der Waals surface area contributed by atoms with Crippen molar-refractivity contribution < 1.29 is 14.3 Å². The van der Waals surface area contributed by atoms with Crippen LogP contribution in [0.1, 0.15) is 18.4 Å². The zero-order valence-corrected chi connectivity index (χ0v) is 15.7. The van der Waals surface area contributed by atoms with Gasteiger partial charge in [-0.3, -0.25) is 9.79 Å². The van der Waals surface area contributed by atoms with Crippen LogP contribution in [-0.4, -0.2) is 49.3 Å². The molecule has 138 valence electrons. The standard InChI is InChI=1S/C19H23N3O3S/c1-24-16-5-2-4-14-8-13(11-25-18(14)16)10-21-17(23)9-15-12-26-19-20-6-3-7-22(15)19/h2,4-5,12-13H,3,6-11H2,1H3,(H,21,23). The van der Waals surface area contributed by atoms with Crippen LogP contribution < -0.4 is 14.8 Å². The predicted octanol–water partition coefficient (Wildman–Crippen LogP) is 2.40. The lowest BCUT2D eigenvalue weighted by Crippen LogP contribution is -2.36. The molecule has 0 spiro atoms. The van der Waals surface area contributed by atoms with Crippen LogP contribution in [0.4, 0.5) is 0 Å². The van der Waals surface area contributed by atoms with Crippen molar-refractivity contribution in [3.8, 4) is 11.5 Å². The summed E-state index contributed by atoms with van der Waals surface area (Å²) in [5.74, 6) is 1.94. The molecule has 0 aliphatic carbocycles. The third kappa shape index (κ3) is 3.53. The first-order valence-electron chi connectivity index (χ1n) is 8.97. The molecular weight excluding hydrogens is 350 g/mol. The molecule has 1 unspecified atom stereocenters. The first-order valence-corrected chi connectivity index (χ1v) is 9.85. The van der Waals surface area contributed by atoms with Crippen LogP contribution in [0.3, 0.4) is 0 Å². The number of methoxy groups -OCH3 is 1. The van der Waals surface area contributed by atoms with Gasteiger partial charge in [0.2, 0.25) is 5.91 Å². The highest BCUT2D eigenvalue weighted by Gasteiger charge is 2.27. The number of amides is 1. The fraction of sp³-hybridized carbons (Fsp3) is 0.474. The van der Waals surface area contributed by atoms with Crippen LogP contribution in [0, 0.1) is 5.92 Å². The van der Waals surface area contributed by atoms with Crippen molar-refractivity contribution in [1.82, 2.24) is 10.2 Å². The second kappa shape index (κ2) is 7.61. The molecule has 0 bridgehead atoms. The molecule has 0 fully saturated rings. The number of thioether (sulfide) groups is 1. The molecule has 0 saturated carbocycles. The van der Waals surface area contributed by atoms with Gasteiger partial charge in [-0.15, -0.1) is 0 Å². The number of hydrogen-bond acceptors (Lipinski definition) is 6. The summed E-state index contributed by atoms with van der Waals surface area (Å²) in [5.41, 5.74) is 2.19. The Labute approximate surface area is 157 Å². The lowest BCUT2D eigenvalue weighted by molar-refractivity contribution is -0.120. The van der Waals surface area contributed by atoms with Crippen molar-refractivity contribution in [3.63, 3.8) is 0 Å². The number of aliphatic imine (C=N–C) groups is 1. The molecule has 3 aliphatic heterocycles. The van der Waals surface area contributed by atoms with Gasteiger partial charge in [0, 0.05) is 31.2 Å². The molecule has 3 aliphatic rings. The fourth-order valence-corrected chi connectivity index (χ4v) is 4.46. The number of hydrogen-bond donors (Lipinski definition) is 1. The number of rotatable bonds is 5. The van der Waals surface area contributed by atoms with Gasteiger partial charge in [-0.1, -0.05) is 23.9 Å². The number of ether oxygens (including phenoxy) is 2. The fourth-order valence-electron chi connectivity index (χ4n) is 3.51. The van der Waals surface area contributed by atoms with E-state index in [-0.39, 0.29) is 11.8 Å². The number of amidine groups is 1. The first kappa shape index (κ1) is 17.3. The molecule has 0 saturated heterocycles. The highest BCUT2D eigenvalue weighted by molar-refractivity contribution is 8.16. The molecule has 1 amide bonds. The second-order valence-electron chi connectivity index (χ2n) is 6.71. The molecule has 7 heteroatoms. The van der Waals surface area contributed by atoms with Gasteiger partial charge in [0.15, 0.2) is 16.7 Å². The summed E-state index contributed by atoms with van der Waals surface area (Å²) in [6.07, 6.45) is 2.34. The molecule has 1 atom stereocenters. The van der Waals surface area contributed by atoms with Crippen molar-refractivity contribution in [3.05, 3.63) is 34.9 Å². The predicted molar refractivity (Wildman–Crippen MR) is 103 cm³/mol. The third-order valence-corrected chi connectivity index (χ3v) is 5.80. The van der Waals surface area contributed by atoms with Gasteiger partial charge in [-0.25, -0.2) is 0 Å². The Morgan fingerprint density at radius 2 is 2.42 bits per heavy atom. The van der Waals surface area contributed by atoms with Crippen LogP contribution in [-0.2, 0) is 11.2 Å². The molecule has 1 N–H and O–H groups in total. The molecule has 1 aromatic rings. The van der Waals surface area contributed by atoms with E-state index in [1.54, 1.807) is 18.9 Å². The molecule has 3 heterocycles. The molecule has 0 aromatic heterocycles. The van der Waals surface area contributed by atoms with Crippen molar-refractivity contribution in [2.75, 3.05) is 33.4 Å². The second-order valence-corrected chi connectivity index (χ2v) is 7.54. The monoisotopic (exact) mass is 373 g/mol. The number of para-hydroxylation sites is 1. The van der Waals surface area contributed by atoms with Crippen molar-refractivity contribution in [1.29, 1.82) is 0 Å². The Balaban J connectivity index is 1.29. The van der Waals surface area contributed by atoms with Gasteiger partial charge in [0.05, 0.1) is 20.1 Å². The maximum atomic E-state index is 12.4. The van der Waals surface area contributed by atoms with E-state index < -0.39 is 0 Å². The summed E-state index contributed by atoms with van der Waals surface area (Å²) >= 11 is 1.62. The summed E-state index contributed by atoms with van der Waals surface area (Å²) in [6, 6.07) is 5.94. The quantitative estimate of drug-likeness (QED) is 0.859. The minimum atomic E-state index is 0.0557. The molecule has 1 aromatic carbocycles. The van der Waals surface area contributed by atoms with E-state index in [2.05, 4.69) is 26.7 Å². The summed E-state index contributed by atoms with van der Waals surface area (Å²) in [7, 11) is 1.65. The average Bonchev–Trinajstić information content (AvgIpc) is 3.08. The number of carbonyl (C=O) groups is 1. The van der Waals surface area contributed by atoms with Gasteiger partial charge < -0.3 is 19.7 Å². The lowest BCUT2D eigenvalue weighted by atomic mass is 9.96.